The van der Waals surface area contributed by atoms with Gasteiger partial charge in [-0.3, -0.25) is 0 Å². The second-order valence-corrected chi connectivity index (χ2v) is 5.30. The SMILES string of the molecule is Cc1ccccc1CCOC(=O)OCCc1ccccc1C. The smallest absolute Gasteiger partial charge is 0.434 e. The van der Waals surface area contributed by atoms with E-state index in [1.165, 1.54) is 22.3 Å². The molecule has 0 radical (unpaired) electrons. The third kappa shape index (κ3) is 4.92. The molecule has 0 saturated heterocycles. The van der Waals surface area contributed by atoms with E-state index < -0.39 is 6.16 Å². The van der Waals surface area contributed by atoms with Gasteiger partial charge in [0.15, 0.2) is 0 Å². The Morgan fingerprint density at radius 2 is 1.18 bits per heavy atom. The molecule has 0 atom stereocenters. The molecule has 116 valence electrons. The first-order chi connectivity index (χ1) is 10.7. The molecule has 0 amide bonds. The van der Waals surface area contributed by atoms with Crippen molar-refractivity contribution in [3.05, 3.63) is 70.8 Å². The Labute approximate surface area is 131 Å². The molecule has 0 N–H and O–H groups in total. The number of carbonyl (C=O) groups excluding carboxylic acids is 1. The highest BCUT2D eigenvalue weighted by Gasteiger charge is 2.05. The van der Waals surface area contributed by atoms with Gasteiger partial charge < -0.3 is 9.47 Å². The predicted octanol–water partition coefficient (Wildman–Crippen LogP) is 4.24. The minimum absolute atomic E-state index is 0.341. The Kier molecular flexibility index (Phi) is 6.01. The van der Waals surface area contributed by atoms with Crippen molar-refractivity contribution in [1.29, 1.82) is 0 Å². The topological polar surface area (TPSA) is 35.5 Å². The lowest BCUT2D eigenvalue weighted by Crippen LogP contribution is -2.12. The van der Waals surface area contributed by atoms with Crippen LogP contribution in [0.25, 0.3) is 0 Å². The molecular formula is C19H22O3. The fourth-order valence-corrected chi connectivity index (χ4v) is 2.31. The van der Waals surface area contributed by atoms with Crippen LogP contribution in [0.4, 0.5) is 4.79 Å². The van der Waals surface area contributed by atoms with E-state index in [4.69, 9.17) is 9.47 Å². The van der Waals surface area contributed by atoms with E-state index in [1.807, 2.05) is 36.4 Å². The summed E-state index contributed by atoms with van der Waals surface area (Å²) < 4.78 is 10.2. The molecule has 2 aromatic carbocycles. The Hall–Kier alpha value is -2.29. The highest BCUT2D eigenvalue weighted by Crippen LogP contribution is 2.09. The first-order valence-corrected chi connectivity index (χ1v) is 7.55. The summed E-state index contributed by atoms with van der Waals surface area (Å²) >= 11 is 0. The van der Waals surface area contributed by atoms with Gasteiger partial charge in [-0.25, -0.2) is 4.79 Å². The van der Waals surface area contributed by atoms with Crippen molar-refractivity contribution in [2.75, 3.05) is 13.2 Å². The van der Waals surface area contributed by atoms with E-state index in [0.717, 1.165) is 0 Å². The van der Waals surface area contributed by atoms with Crippen LogP contribution in [0.2, 0.25) is 0 Å². The lowest BCUT2D eigenvalue weighted by molar-refractivity contribution is 0.0568. The second kappa shape index (κ2) is 8.23. The van der Waals surface area contributed by atoms with Gasteiger partial charge in [0.2, 0.25) is 0 Å². The molecule has 0 fully saturated rings. The molecule has 0 heterocycles. The predicted molar refractivity (Wildman–Crippen MR) is 87.1 cm³/mol. The van der Waals surface area contributed by atoms with Crippen molar-refractivity contribution in [1.82, 2.24) is 0 Å². The number of aryl methyl sites for hydroxylation is 2. The average Bonchev–Trinajstić information content (AvgIpc) is 2.51. The van der Waals surface area contributed by atoms with Crippen LogP contribution >= 0.6 is 0 Å². The molecule has 0 aliphatic carbocycles. The summed E-state index contributed by atoms with van der Waals surface area (Å²) in [6.45, 7) is 4.79. The monoisotopic (exact) mass is 298 g/mol. The van der Waals surface area contributed by atoms with Gasteiger partial charge >= 0.3 is 6.16 Å². The van der Waals surface area contributed by atoms with Crippen molar-refractivity contribution in [2.24, 2.45) is 0 Å². The minimum Gasteiger partial charge on any atom is -0.434 e. The zero-order valence-corrected chi connectivity index (χ0v) is 13.2. The third-order valence-electron chi connectivity index (χ3n) is 3.71. The fourth-order valence-electron chi connectivity index (χ4n) is 2.31. The summed E-state index contributed by atoms with van der Waals surface area (Å²) in [6.07, 6.45) is 0.821. The molecule has 0 spiro atoms. The molecule has 0 bridgehead atoms. The van der Waals surface area contributed by atoms with Gasteiger partial charge in [-0.2, -0.15) is 0 Å². The molecule has 3 heteroatoms. The minimum atomic E-state index is -0.595. The Morgan fingerprint density at radius 3 is 1.59 bits per heavy atom. The largest absolute Gasteiger partial charge is 0.508 e. The molecule has 2 rings (SSSR count). The van der Waals surface area contributed by atoms with Crippen molar-refractivity contribution in [2.45, 2.75) is 26.7 Å². The lowest BCUT2D eigenvalue weighted by Gasteiger charge is -2.09. The zero-order chi connectivity index (χ0) is 15.8. The van der Waals surface area contributed by atoms with Gasteiger partial charge in [-0.05, 0) is 36.1 Å². The van der Waals surface area contributed by atoms with Gasteiger partial charge in [-0.1, -0.05) is 48.5 Å². The number of benzene rings is 2. The Bertz CT molecular complexity index is 566. The maximum Gasteiger partial charge on any atom is 0.508 e. The van der Waals surface area contributed by atoms with Crippen LogP contribution in [0, 0.1) is 13.8 Å². The number of hydrogen-bond acceptors (Lipinski definition) is 3. The fraction of sp³-hybridized carbons (Fsp3) is 0.316. The molecule has 2 aromatic rings. The van der Waals surface area contributed by atoms with Crippen LogP contribution in [0.1, 0.15) is 22.3 Å². The van der Waals surface area contributed by atoms with Crippen molar-refractivity contribution in [3.63, 3.8) is 0 Å². The van der Waals surface area contributed by atoms with Crippen molar-refractivity contribution >= 4 is 6.16 Å². The zero-order valence-electron chi connectivity index (χ0n) is 13.2. The van der Waals surface area contributed by atoms with Crippen LogP contribution < -0.4 is 0 Å². The van der Waals surface area contributed by atoms with Gasteiger partial charge in [0, 0.05) is 12.8 Å². The van der Waals surface area contributed by atoms with Crippen LogP contribution in [0.3, 0.4) is 0 Å². The third-order valence-corrected chi connectivity index (χ3v) is 3.71. The summed E-state index contributed by atoms with van der Waals surface area (Å²) in [6, 6.07) is 16.2. The van der Waals surface area contributed by atoms with Crippen LogP contribution in [0.15, 0.2) is 48.5 Å². The number of hydrogen-bond donors (Lipinski definition) is 0. The lowest BCUT2D eigenvalue weighted by atomic mass is 10.1. The molecule has 0 aliphatic rings. The maximum absolute atomic E-state index is 11.5. The molecule has 0 saturated carbocycles. The van der Waals surface area contributed by atoms with E-state index in [1.54, 1.807) is 0 Å². The normalized spacial score (nSPS) is 10.3. The van der Waals surface area contributed by atoms with E-state index in [0.29, 0.717) is 26.1 Å². The second-order valence-electron chi connectivity index (χ2n) is 5.30. The molecular weight excluding hydrogens is 276 g/mol. The number of ether oxygens (including phenoxy) is 2. The Morgan fingerprint density at radius 1 is 0.773 bits per heavy atom. The number of carbonyl (C=O) groups is 1. The van der Waals surface area contributed by atoms with E-state index in [-0.39, 0.29) is 0 Å². The quantitative estimate of drug-likeness (QED) is 0.748. The summed E-state index contributed by atoms with van der Waals surface area (Å²) in [7, 11) is 0. The van der Waals surface area contributed by atoms with E-state index in [9.17, 15) is 4.79 Å². The highest BCUT2D eigenvalue weighted by atomic mass is 16.7. The summed E-state index contributed by atoms with van der Waals surface area (Å²) in [5, 5.41) is 0. The maximum atomic E-state index is 11.5. The highest BCUT2D eigenvalue weighted by molar-refractivity contribution is 5.59. The molecule has 0 aromatic heterocycles. The van der Waals surface area contributed by atoms with Gasteiger partial charge in [0.25, 0.3) is 0 Å². The van der Waals surface area contributed by atoms with Crippen molar-refractivity contribution in [3.8, 4) is 0 Å². The molecule has 0 aliphatic heterocycles. The summed E-state index contributed by atoms with van der Waals surface area (Å²) in [4.78, 5) is 11.5. The van der Waals surface area contributed by atoms with Crippen LogP contribution in [0.5, 0.6) is 0 Å². The standard InChI is InChI=1S/C19H22O3/c1-15-7-3-5-9-17(15)11-13-21-19(20)22-14-12-18-10-6-4-8-16(18)2/h3-10H,11-14H2,1-2H3. The van der Waals surface area contributed by atoms with Crippen LogP contribution in [-0.4, -0.2) is 19.4 Å². The molecule has 22 heavy (non-hydrogen) atoms. The van der Waals surface area contributed by atoms with E-state index >= 15 is 0 Å². The van der Waals surface area contributed by atoms with Gasteiger partial charge in [-0.15, -0.1) is 0 Å². The average molecular weight is 298 g/mol. The number of rotatable bonds is 6. The van der Waals surface area contributed by atoms with E-state index in [2.05, 4.69) is 26.0 Å². The van der Waals surface area contributed by atoms with Crippen molar-refractivity contribution < 1.29 is 14.3 Å². The summed E-state index contributed by atoms with van der Waals surface area (Å²) in [5.74, 6) is 0. The summed E-state index contributed by atoms with van der Waals surface area (Å²) in [5.41, 5.74) is 4.79. The molecule has 3 nitrogen and oxygen atoms in total. The molecule has 0 unspecified atom stereocenters. The first kappa shape index (κ1) is 16.1. The Balaban J connectivity index is 1.66. The van der Waals surface area contributed by atoms with Crippen LogP contribution in [-0.2, 0) is 22.3 Å². The van der Waals surface area contributed by atoms with Gasteiger partial charge in [0.1, 0.15) is 0 Å². The first-order valence-electron chi connectivity index (χ1n) is 7.55. The van der Waals surface area contributed by atoms with Gasteiger partial charge in [0.05, 0.1) is 13.2 Å².